The van der Waals surface area contributed by atoms with E-state index in [1.807, 2.05) is 0 Å². The van der Waals surface area contributed by atoms with Crippen LogP contribution in [0.2, 0.25) is 0 Å². The predicted octanol–water partition coefficient (Wildman–Crippen LogP) is 0.993. The summed E-state index contributed by atoms with van der Waals surface area (Å²) >= 11 is 0. The summed E-state index contributed by atoms with van der Waals surface area (Å²) in [7, 11) is -3.54. The Morgan fingerprint density at radius 3 is 2.48 bits per heavy atom. The van der Waals surface area contributed by atoms with Crippen LogP contribution in [-0.2, 0) is 10.0 Å². The number of sulfonamides is 1. The highest BCUT2D eigenvalue weighted by molar-refractivity contribution is 7.89. The first kappa shape index (κ1) is 14.6. The van der Waals surface area contributed by atoms with Gasteiger partial charge in [0.15, 0.2) is 11.5 Å². The van der Waals surface area contributed by atoms with E-state index in [0.29, 0.717) is 50.6 Å². The summed E-state index contributed by atoms with van der Waals surface area (Å²) in [5.74, 6) is 1.06. The number of aliphatic hydroxyl groups is 1. The number of rotatable bonds is 2. The third-order valence-electron chi connectivity index (χ3n) is 3.78. The van der Waals surface area contributed by atoms with Crippen molar-refractivity contribution in [3.8, 4) is 11.5 Å². The van der Waals surface area contributed by atoms with Gasteiger partial charge in [-0.25, -0.2) is 8.42 Å². The van der Waals surface area contributed by atoms with Crippen molar-refractivity contribution >= 4 is 10.0 Å². The number of nitrogens with zero attached hydrogens (tertiary/aromatic N) is 1. The second kappa shape index (κ2) is 5.82. The summed E-state index contributed by atoms with van der Waals surface area (Å²) in [6.07, 6.45) is 1.33. The van der Waals surface area contributed by atoms with Gasteiger partial charge in [0.2, 0.25) is 10.0 Å². The van der Waals surface area contributed by atoms with Crippen LogP contribution in [-0.4, -0.2) is 50.2 Å². The van der Waals surface area contributed by atoms with Crippen LogP contribution in [0.15, 0.2) is 23.1 Å². The van der Waals surface area contributed by atoms with Crippen LogP contribution in [0.5, 0.6) is 11.5 Å². The largest absolute Gasteiger partial charge is 0.490 e. The lowest BCUT2D eigenvalue weighted by Gasteiger charge is -2.28. The van der Waals surface area contributed by atoms with E-state index in [-0.39, 0.29) is 4.90 Å². The zero-order valence-electron chi connectivity index (χ0n) is 11.7. The zero-order valence-corrected chi connectivity index (χ0v) is 12.5. The minimum atomic E-state index is -3.54. The van der Waals surface area contributed by atoms with Gasteiger partial charge in [0.05, 0.1) is 24.2 Å². The molecule has 1 saturated heterocycles. The van der Waals surface area contributed by atoms with Crippen LogP contribution >= 0.6 is 0 Å². The van der Waals surface area contributed by atoms with Crippen LogP contribution in [0, 0.1) is 0 Å². The number of benzene rings is 1. The molecule has 0 atom stereocenters. The fourth-order valence-corrected chi connectivity index (χ4v) is 4.02. The number of fused-ring (bicyclic) bond motifs is 1. The molecule has 0 spiro atoms. The Kier molecular flexibility index (Phi) is 4.05. The maximum Gasteiger partial charge on any atom is 0.243 e. The first-order valence-electron chi connectivity index (χ1n) is 7.15. The summed E-state index contributed by atoms with van der Waals surface area (Å²) in [5, 5.41) is 9.49. The Morgan fingerprint density at radius 1 is 1.10 bits per heavy atom. The molecule has 0 aliphatic carbocycles. The SMILES string of the molecule is O=S(=O)(c1ccc2c(c1)OCCCO2)N1CCC(O)CC1. The van der Waals surface area contributed by atoms with Crippen molar-refractivity contribution in [2.45, 2.75) is 30.3 Å². The molecule has 1 fully saturated rings. The molecule has 0 unspecified atom stereocenters. The second-order valence-corrected chi connectivity index (χ2v) is 7.23. The smallest absolute Gasteiger partial charge is 0.243 e. The predicted molar refractivity (Wildman–Crippen MR) is 76.0 cm³/mol. The molecule has 2 aliphatic rings. The summed E-state index contributed by atoms with van der Waals surface area (Å²) in [4.78, 5) is 0.211. The molecule has 7 heteroatoms. The normalized spacial score (nSPS) is 21.0. The van der Waals surface area contributed by atoms with Crippen LogP contribution in [0.4, 0.5) is 0 Å². The molecule has 2 heterocycles. The molecule has 2 aliphatic heterocycles. The molecule has 1 aromatic rings. The van der Waals surface area contributed by atoms with Crippen molar-refractivity contribution in [3.63, 3.8) is 0 Å². The third kappa shape index (κ3) is 3.00. The first-order valence-corrected chi connectivity index (χ1v) is 8.59. The Bertz CT molecular complexity index is 608. The van der Waals surface area contributed by atoms with Gasteiger partial charge in [-0.1, -0.05) is 0 Å². The molecular weight excluding hydrogens is 294 g/mol. The van der Waals surface area contributed by atoms with Gasteiger partial charge in [0, 0.05) is 25.6 Å². The van der Waals surface area contributed by atoms with Crippen LogP contribution in [0.1, 0.15) is 19.3 Å². The standard InChI is InChI=1S/C14H19NO5S/c16-11-4-6-15(7-5-11)21(17,18)12-2-3-13-14(10-12)20-9-1-8-19-13/h2-3,10-11,16H,1,4-9H2. The molecule has 0 aromatic heterocycles. The van der Waals surface area contributed by atoms with Crippen molar-refractivity contribution in [2.75, 3.05) is 26.3 Å². The van der Waals surface area contributed by atoms with Gasteiger partial charge >= 0.3 is 0 Å². The quantitative estimate of drug-likeness (QED) is 0.881. The molecule has 21 heavy (non-hydrogen) atoms. The molecule has 1 N–H and O–H groups in total. The summed E-state index contributed by atoms with van der Waals surface area (Å²) in [6, 6.07) is 4.72. The lowest BCUT2D eigenvalue weighted by Crippen LogP contribution is -2.39. The Balaban J connectivity index is 1.87. The van der Waals surface area contributed by atoms with E-state index >= 15 is 0 Å². The van der Waals surface area contributed by atoms with Crippen molar-refractivity contribution < 1.29 is 23.0 Å². The molecule has 0 radical (unpaired) electrons. The highest BCUT2D eigenvalue weighted by atomic mass is 32.2. The summed E-state index contributed by atoms with van der Waals surface area (Å²) in [5.41, 5.74) is 0. The second-order valence-electron chi connectivity index (χ2n) is 5.29. The van der Waals surface area contributed by atoms with E-state index in [2.05, 4.69) is 0 Å². The monoisotopic (exact) mass is 313 g/mol. The van der Waals surface area contributed by atoms with Crippen LogP contribution in [0.25, 0.3) is 0 Å². The maximum atomic E-state index is 12.6. The van der Waals surface area contributed by atoms with Gasteiger partial charge < -0.3 is 14.6 Å². The first-order chi connectivity index (χ1) is 10.1. The van der Waals surface area contributed by atoms with E-state index in [0.717, 1.165) is 6.42 Å². The molecule has 0 bridgehead atoms. The lowest BCUT2D eigenvalue weighted by atomic mass is 10.1. The van der Waals surface area contributed by atoms with Gasteiger partial charge in [-0.05, 0) is 25.0 Å². The Hall–Kier alpha value is -1.31. The fourth-order valence-electron chi connectivity index (χ4n) is 2.54. The molecule has 3 rings (SSSR count). The van der Waals surface area contributed by atoms with Crippen molar-refractivity contribution in [1.29, 1.82) is 0 Å². The van der Waals surface area contributed by atoms with E-state index < -0.39 is 16.1 Å². The van der Waals surface area contributed by atoms with E-state index in [1.54, 1.807) is 12.1 Å². The van der Waals surface area contributed by atoms with Gasteiger partial charge in [-0.15, -0.1) is 0 Å². The van der Waals surface area contributed by atoms with Crippen LogP contribution in [0.3, 0.4) is 0 Å². The third-order valence-corrected chi connectivity index (χ3v) is 5.67. The van der Waals surface area contributed by atoms with Crippen molar-refractivity contribution in [2.24, 2.45) is 0 Å². The highest BCUT2D eigenvalue weighted by Gasteiger charge is 2.29. The van der Waals surface area contributed by atoms with Gasteiger partial charge in [-0.2, -0.15) is 4.31 Å². The number of hydrogen-bond donors (Lipinski definition) is 1. The van der Waals surface area contributed by atoms with Gasteiger partial charge in [0.1, 0.15) is 0 Å². The average molecular weight is 313 g/mol. The topological polar surface area (TPSA) is 76.1 Å². The van der Waals surface area contributed by atoms with Crippen LogP contribution < -0.4 is 9.47 Å². The number of hydrogen-bond acceptors (Lipinski definition) is 5. The Labute approximate surface area is 124 Å². The van der Waals surface area contributed by atoms with Crippen molar-refractivity contribution in [1.82, 2.24) is 4.31 Å². The molecular formula is C14H19NO5S. The van der Waals surface area contributed by atoms with E-state index in [4.69, 9.17) is 9.47 Å². The average Bonchev–Trinajstić information content (AvgIpc) is 2.72. The molecule has 116 valence electrons. The minimum Gasteiger partial charge on any atom is -0.490 e. The summed E-state index contributed by atoms with van der Waals surface area (Å²) < 4.78 is 37.7. The zero-order chi connectivity index (χ0) is 14.9. The number of aliphatic hydroxyl groups excluding tert-OH is 1. The lowest BCUT2D eigenvalue weighted by molar-refractivity contribution is 0.113. The van der Waals surface area contributed by atoms with Gasteiger partial charge in [0.25, 0.3) is 0 Å². The number of piperidine rings is 1. The van der Waals surface area contributed by atoms with E-state index in [1.165, 1.54) is 10.4 Å². The Morgan fingerprint density at radius 2 is 1.76 bits per heavy atom. The fraction of sp³-hybridized carbons (Fsp3) is 0.571. The molecule has 0 saturated carbocycles. The van der Waals surface area contributed by atoms with Crippen molar-refractivity contribution in [3.05, 3.63) is 18.2 Å². The highest BCUT2D eigenvalue weighted by Crippen LogP contribution is 2.33. The molecule has 6 nitrogen and oxygen atoms in total. The maximum absolute atomic E-state index is 12.6. The van der Waals surface area contributed by atoms with Gasteiger partial charge in [-0.3, -0.25) is 0 Å². The van der Waals surface area contributed by atoms with E-state index in [9.17, 15) is 13.5 Å². The number of ether oxygens (including phenoxy) is 2. The molecule has 1 aromatic carbocycles. The summed E-state index contributed by atoms with van der Waals surface area (Å²) in [6.45, 7) is 1.78. The minimum absolute atomic E-state index is 0.211. The molecule has 0 amide bonds.